The Balaban J connectivity index is 0.00000261. The Morgan fingerprint density at radius 1 is 1.15 bits per heavy atom. The van der Waals surface area contributed by atoms with Crippen molar-refractivity contribution in [1.82, 2.24) is 15.2 Å². The van der Waals surface area contributed by atoms with Crippen LogP contribution in [0.3, 0.4) is 0 Å². The number of aromatic nitrogens is 3. The van der Waals surface area contributed by atoms with Crippen molar-refractivity contribution in [2.24, 2.45) is 0 Å². The molecular formula is C20H21F2N3O2. The fraction of sp³-hybridized carbons (Fsp3) is 0.250. The van der Waals surface area contributed by atoms with Crippen LogP contribution in [0.15, 0.2) is 41.3 Å². The van der Waals surface area contributed by atoms with Gasteiger partial charge in [-0.15, -0.1) is 0 Å². The van der Waals surface area contributed by atoms with Crippen LogP contribution in [-0.4, -0.2) is 15.2 Å². The van der Waals surface area contributed by atoms with E-state index in [9.17, 15) is 13.6 Å². The van der Waals surface area contributed by atoms with E-state index in [0.717, 1.165) is 16.7 Å². The van der Waals surface area contributed by atoms with Gasteiger partial charge >= 0.3 is 0 Å². The maximum Gasteiger partial charge on any atom is 0.269 e. The normalized spacial score (nSPS) is 10.6. The summed E-state index contributed by atoms with van der Waals surface area (Å²) in [7, 11) is 0. The number of pyridine rings is 1. The molecule has 0 bridgehead atoms. The molecule has 0 spiro atoms. The number of aromatic amines is 1. The van der Waals surface area contributed by atoms with Crippen molar-refractivity contribution < 1.29 is 13.5 Å². The molecule has 2 heterocycles. The van der Waals surface area contributed by atoms with Crippen molar-refractivity contribution >= 4 is 0 Å². The first kappa shape index (κ1) is 20.2. The predicted octanol–water partition coefficient (Wildman–Crippen LogP) is 5.12. The smallest absolute Gasteiger partial charge is 0.269 e. The van der Waals surface area contributed by atoms with Gasteiger partial charge < -0.3 is 4.74 Å². The fourth-order valence-corrected chi connectivity index (χ4v) is 2.80. The van der Waals surface area contributed by atoms with Crippen molar-refractivity contribution in [2.75, 3.05) is 0 Å². The minimum absolute atomic E-state index is 0. The summed E-state index contributed by atoms with van der Waals surface area (Å²) in [5.74, 6) is 0.264. The molecule has 7 heteroatoms. The Morgan fingerprint density at radius 2 is 1.89 bits per heavy atom. The van der Waals surface area contributed by atoms with Crippen LogP contribution in [0.1, 0.15) is 36.2 Å². The molecule has 0 aliphatic rings. The molecule has 2 aromatic heterocycles. The van der Waals surface area contributed by atoms with Crippen LogP contribution in [0.25, 0.3) is 11.1 Å². The third kappa shape index (κ3) is 4.02. The number of hydrogen-bond acceptors (Lipinski definition) is 4. The van der Waals surface area contributed by atoms with Gasteiger partial charge in [0.05, 0.1) is 11.3 Å². The summed E-state index contributed by atoms with van der Waals surface area (Å²) in [5.41, 5.74) is 3.17. The van der Waals surface area contributed by atoms with Crippen molar-refractivity contribution in [3.8, 4) is 22.8 Å². The highest BCUT2D eigenvalue weighted by molar-refractivity contribution is 5.72. The average Bonchev–Trinajstić information content (AvgIpc) is 2.60. The van der Waals surface area contributed by atoms with Crippen molar-refractivity contribution in [3.63, 3.8) is 0 Å². The standard InChI is InChI=1S/C19H17F2N3O2.CH4/c1-10-9-13(26-19-15(17(20)21)5-4-8-22-19)6-7-14(10)16-11(2)18(25)24-23-12(16)3;/h4-9,17H,1-3H3,(H,24,25);1H4. The summed E-state index contributed by atoms with van der Waals surface area (Å²) in [6, 6.07) is 7.88. The van der Waals surface area contributed by atoms with Gasteiger partial charge in [-0.3, -0.25) is 4.79 Å². The summed E-state index contributed by atoms with van der Waals surface area (Å²) in [4.78, 5) is 15.8. The molecule has 0 amide bonds. The van der Waals surface area contributed by atoms with Crippen LogP contribution >= 0.6 is 0 Å². The van der Waals surface area contributed by atoms with E-state index in [0.29, 0.717) is 17.0 Å². The van der Waals surface area contributed by atoms with E-state index < -0.39 is 6.43 Å². The van der Waals surface area contributed by atoms with Crippen LogP contribution in [0.2, 0.25) is 0 Å². The number of nitrogens with zero attached hydrogens (tertiary/aromatic N) is 2. The van der Waals surface area contributed by atoms with Gasteiger partial charge in [-0.25, -0.2) is 18.9 Å². The quantitative estimate of drug-likeness (QED) is 0.689. The van der Waals surface area contributed by atoms with Crippen molar-refractivity contribution in [3.05, 3.63) is 69.3 Å². The number of halogens is 2. The minimum atomic E-state index is -2.67. The fourth-order valence-electron chi connectivity index (χ4n) is 2.80. The number of H-pyrrole nitrogens is 1. The minimum Gasteiger partial charge on any atom is -0.439 e. The molecule has 142 valence electrons. The average molecular weight is 373 g/mol. The van der Waals surface area contributed by atoms with Gasteiger partial charge in [-0.2, -0.15) is 5.10 Å². The second-order valence-electron chi connectivity index (χ2n) is 5.92. The van der Waals surface area contributed by atoms with E-state index in [1.54, 1.807) is 25.1 Å². The predicted molar refractivity (Wildman–Crippen MR) is 101 cm³/mol. The second-order valence-corrected chi connectivity index (χ2v) is 5.92. The molecule has 0 radical (unpaired) electrons. The van der Waals surface area contributed by atoms with Gasteiger partial charge in [0.1, 0.15) is 5.75 Å². The van der Waals surface area contributed by atoms with E-state index in [2.05, 4.69) is 15.2 Å². The SMILES string of the molecule is C.Cc1cc(Oc2ncccc2C(F)F)ccc1-c1c(C)n[nH]c(=O)c1C. The molecular weight excluding hydrogens is 352 g/mol. The third-order valence-electron chi connectivity index (χ3n) is 4.12. The summed E-state index contributed by atoms with van der Waals surface area (Å²) in [6.07, 6.45) is -1.27. The highest BCUT2D eigenvalue weighted by Crippen LogP contribution is 2.33. The van der Waals surface area contributed by atoms with Gasteiger partial charge in [0, 0.05) is 17.3 Å². The lowest BCUT2D eigenvalue weighted by molar-refractivity contribution is 0.147. The van der Waals surface area contributed by atoms with Crippen LogP contribution < -0.4 is 10.3 Å². The number of benzene rings is 1. The second kappa shape index (κ2) is 8.07. The zero-order valence-corrected chi connectivity index (χ0v) is 14.5. The van der Waals surface area contributed by atoms with Crippen molar-refractivity contribution in [1.29, 1.82) is 0 Å². The molecule has 3 rings (SSSR count). The zero-order chi connectivity index (χ0) is 18.8. The Bertz CT molecular complexity index is 1020. The Kier molecular flexibility index (Phi) is 6.05. The molecule has 0 atom stereocenters. The summed E-state index contributed by atoms with van der Waals surface area (Å²) >= 11 is 0. The molecule has 0 saturated carbocycles. The number of ether oxygens (including phenoxy) is 1. The molecule has 3 aromatic rings. The molecule has 0 unspecified atom stereocenters. The Morgan fingerprint density at radius 3 is 2.56 bits per heavy atom. The maximum atomic E-state index is 13.1. The molecule has 0 saturated heterocycles. The Labute approximate surface area is 156 Å². The van der Waals surface area contributed by atoms with Gasteiger partial charge in [-0.05, 0) is 56.2 Å². The van der Waals surface area contributed by atoms with Gasteiger partial charge in [-0.1, -0.05) is 13.5 Å². The first-order valence-electron chi connectivity index (χ1n) is 7.96. The van der Waals surface area contributed by atoms with E-state index in [-0.39, 0.29) is 24.4 Å². The lowest BCUT2D eigenvalue weighted by Gasteiger charge is -2.14. The van der Waals surface area contributed by atoms with Crippen LogP contribution in [0, 0.1) is 20.8 Å². The molecule has 0 aliphatic carbocycles. The van der Waals surface area contributed by atoms with Gasteiger partial charge in [0.2, 0.25) is 5.88 Å². The molecule has 27 heavy (non-hydrogen) atoms. The molecule has 5 nitrogen and oxygen atoms in total. The van der Waals surface area contributed by atoms with Crippen LogP contribution in [0.4, 0.5) is 8.78 Å². The number of hydrogen-bond donors (Lipinski definition) is 1. The Hall–Kier alpha value is -3.09. The lowest BCUT2D eigenvalue weighted by Crippen LogP contribution is -2.14. The lowest BCUT2D eigenvalue weighted by atomic mass is 9.96. The summed E-state index contributed by atoms with van der Waals surface area (Å²) < 4.78 is 31.7. The van der Waals surface area contributed by atoms with Gasteiger partial charge in [0.25, 0.3) is 12.0 Å². The molecule has 0 aliphatic heterocycles. The van der Waals surface area contributed by atoms with E-state index in [1.807, 2.05) is 13.8 Å². The highest BCUT2D eigenvalue weighted by atomic mass is 19.3. The van der Waals surface area contributed by atoms with E-state index in [1.165, 1.54) is 18.3 Å². The van der Waals surface area contributed by atoms with Gasteiger partial charge in [0.15, 0.2) is 0 Å². The summed E-state index contributed by atoms with van der Waals surface area (Å²) in [5, 5.41) is 6.46. The maximum absolute atomic E-state index is 13.1. The molecule has 1 aromatic carbocycles. The van der Waals surface area contributed by atoms with Crippen molar-refractivity contribution in [2.45, 2.75) is 34.6 Å². The highest BCUT2D eigenvalue weighted by Gasteiger charge is 2.17. The van der Waals surface area contributed by atoms with E-state index >= 15 is 0 Å². The third-order valence-corrected chi connectivity index (χ3v) is 4.12. The summed E-state index contributed by atoms with van der Waals surface area (Å²) in [6.45, 7) is 5.40. The van der Waals surface area contributed by atoms with Crippen LogP contribution in [-0.2, 0) is 0 Å². The monoisotopic (exact) mass is 373 g/mol. The number of rotatable bonds is 4. The number of alkyl halides is 2. The molecule has 0 fully saturated rings. The van der Waals surface area contributed by atoms with E-state index in [4.69, 9.17) is 4.74 Å². The first-order chi connectivity index (χ1) is 12.4. The number of aryl methyl sites for hydroxylation is 2. The van der Waals surface area contributed by atoms with Crippen LogP contribution in [0.5, 0.6) is 11.6 Å². The zero-order valence-electron chi connectivity index (χ0n) is 14.5. The number of nitrogens with one attached hydrogen (secondary N) is 1. The first-order valence-corrected chi connectivity index (χ1v) is 7.96. The molecule has 1 N–H and O–H groups in total. The topological polar surface area (TPSA) is 67.9 Å². The largest absolute Gasteiger partial charge is 0.439 e.